The van der Waals surface area contributed by atoms with Gasteiger partial charge in [0.2, 0.25) is 0 Å². The predicted octanol–water partition coefficient (Wildman–Crippen LogP) is 3.41. The Morgan fingerprint density at radius 2 is 1.93 bits per heavy atom. The number of aromatic hydroxyl groups is 1. The molecule has 0 atom stereocenters. The lowest BCUT2D eigenvalue weighted by atomic mass is 10.0. The first-order valence-electron chi connectivity index (χ1n) is 4.69. The molecule has 1 aliphatic rings. The van der Waals surface area contributed by atoms with Crippen LogP contribution in [0.5, 0.6) is 5.75 Å². The maximum absolute atomic E-state index is 9.63. The first kappa shape index (κ1) is 11.5. The average molecular weight is 311 g/mol. The third kappa shape index (κ3) is 2.26. The Kier molecular flexibility index (Phi) is 3.45. The molecule has 1 N–H and O–H groups in total. The molecule has 5 heteroatoms. The zero-order chi connectivity index (χ0) is 11.0. The van der Waals surface area contributed by atoms with Gasteiger partial charge in [-0.05, 0) is 30.0 Å². The van der Waals surface area contributed by atoms with Gasteiger partial charge in [0.1, 0.15) is 0 Å². The molecule has 1 heterocycles. The second kappa shape index (κ2) is 4.50. The van der Waals surface area contributed by atoms with Crippen molar-refractivity contribution in [3.8, 4) is 5.75 Å². The van der Waals surface area contributed by atoms with E-state index in [1.807, 2.05) is 6.07 Å². The molecule has 0 amide bonds. The molecule has 82 valence electrons. The van der Waals surface area contributed by atoms with Crippen LogP contribution in [0.25, 0.3) is 0 Å². The highest BCUT2D eigenvalue weighted by molar-refractivity contribution is 9.07. The number of nitrogens with zero attached hydrogens (tertiary/aromatic N) is 1. The van der Waals surface area contributed by atoms with Gasteiger partial charge in [0.15, 0.2) is 5.75 Å². The zero-order valence-electron chi connectivity index (χ0n) is 7.93. The van der Waals surface area contributed by atoms with Crippen molar-refractivity contribution in [2.24, 2.45) is 0 Å². The Morgan fingerprint density at radius 3 is 2.67 bits per heavy atom. The van der Waals surface area contributed by atoms with E-state index in [4.69, 9.17) is 23.2 Å². The summed E-state index contributed by atoms with van der Waals surface area (Å²) in [7, 11) is 0. The molecule has 0 fully saturated rings. The smallest absolute Gasteiger partial charge is 0.153 e. The van der Waals surface area contributed by atoms with Crippen LogP contribution in [0.15, 0.2) is 6.07 Å². The molecule has 2 nitrogen and oxygen atoms in total. The van der Waals surface area contributed by atoms with Gasteiger partial charge < -0.3 is 5.11 Å². The standard InChI is InChI=1S/C10H10BrCl2NO/c11-14-3-1-6-5-8(12)10(15)9(13)7(6)2-4-14/h5,15H,1-4H2. The van der Waals surface area contributed by atoms with Crippen molar-refractivity contribution in [2.75, 3.05) is 13.1 Å². The molecular weight excluding hydrogens is 301 g/mol. The summed E-state index contributed by atoms with van der Waals surface area (Å²) in [5.74, 6) is 0.0000979. The van der Waals surface area contributed by atoms with Gasteiger partial charge in [-0.2, -0.15) is 0 Å². The second-order valence-electron chi connectivity index (χ2n) is 3.57. The average Bonchev–Trinajstić information content (AvgIpc) is 2.38. The normalized spacial score (nSPS) is 17.3. The minimum absolute atomic E-state index is 0.0000979. The molecule has 0 radical (unpaired) electrons. The fraction of sp³-hybridized carbons (Fsp3) is 0.400. The molecule has 0 unspecified atom stereocenters. The third-order valence-corrected chi connectivity index (χ3v) is 4.02. The fourth-order valence-corrected chi connectivity index (χ4v) is 2.72. The highest BCUT2D eigenvalue weighted by atomic mass is 79.9. The van der Waals surface area contributed by atoms with Crippen molar-refractivity contribution < 1.29 is 5.11 Å². The molecular formula is C10H10BrCl2NO. The quantitative estimate of drug-likeness (QED) is 0.742. The molecule has 0 saturated heterocycles. The molecule has 0 spiro atoms. The van der Waals surface area contributed by atoms with Crippen LogP contribution in [0.3, 0.4) is 0 Å². The topological polar surface area (TPSA) is 23.5 Å². The predicted molar refractivity (Wildman–Crippen MR) is 66.0 cm³/mol. The van der Waals surface area contributed by atoms with Gasteiger partial charge in [-0.25, -0.2) is 3.93 Å². The maximum atomic E-state index is 9.63. The van der Waals surface area contributed by atoms with Crippen molar-refractivity contribution in [3.05, 3.63) is 27.2 Å². The summed E-state index contributed by atoms with van der Waals surface area (Å²) in [6, 6.07) is 1.81. The van der Waals surface area contributed by atoms with Crippen LogP contribution in [0.4, 0.5) is 0 Å². The number of phenols is 1. The number of hydrogen-bond donors (Lipinski definition) is 1. The summed E-state index contributed by atoms with van der Waals surface area (Å²) >= 11 is 15.4. The van der Waals surface area contributed by atoms with E-state index in [0.717, 1.165) is 37.1 Å². The Hall–Kier alpha value is 0.0400. The van der Waals surface area contributed by atoms with Gasteiger partial charge >= 0.3 is 0 Å². The SMILES string of the molecule is Oc1c(Cl)cc2c(c1Cl)CCN(Br)CC2. The number of halogens is 3. The Labute approximate surface area is 107 Å². The van der Waals surface area contributed by atoms with E-state index >= 15 is 0 Å². The molecule has 1 aliphatic heterocycles. The van der Waals surface area contributed by atoms with E-state index < -0.39 is 0 Å². The fourth-order valence-electron chi connectivity index (χ4n) is 1.78. The Morgan fingerprint density at radius 1 is 1.27 bits per heavy atom. The molecule has 1 aromatic carbocycles. The molecule has 2 rings (SSSR count). The molecule has 15 heavy (non-hydrogen) atoms. The van der Waals surface area contributed by atoms with Gasteiger partial charge in [0.25, 0.3) is 0 Å². The van der Waals surface area contributed by atoms with Gasteiger partial charge in [-0.3, -0.25) is 0 Å². The van der Waals surface area contributed by atoms with Crippen molar-refractivity contribution in [1.82, 2.24) is 3.93 Å². The minimum Gasteiger partial charge on any atom is -0.505 e. The number of fused-ring (bicyclic) bond motifs is 1. The first-order valence-corrected chi connectivity index (χ1v) is 6.15. The van der Waals surface area contributed by atoms with E-state index in [1.54, 1.807) is 0 Å². The highest BCUT2D eigenvalue weighted by Gasteiger charge is 2.18. The van der Waals surface area contributed by atoms with Gasteiger partial charge in [0.05, 0.1) is 10.0 Å². The molecule has 1 aromatic rings. The third-order valence-electron chi connectivity index (χ3n) is 2.62. The minimum atomic E-state index is 0.0000979. The number of phenolic OH excluding ortho intramolecular Hbond substituents is 1. The molecule has 0 aromatic heterocycles. The largest absolute Gasteiger partial charge is 0.505 e. The van der Waals surface area contributed by atoms with Crippen LogP contribution in [0.1, 0.15) is 11.1 Å². The molecule has 0 bridgehead atoms. The van der Waals surface area contributed by atoms with Crippen molar-refractivity contribution in [2.45, 2.75) is 12.8 Å². The Bertz CT molecular complexity index is 397. The van der Waals surface area contributed by atoms with Crippen LogP contribution in [0, 0.1) is 0 Å². The number of benzene rings is 1. The van der Waals surface area contributed by atoms with Gasteiger partial charge in [-0.15, -0.1) is 0 Å². The van der Waals surface area contributed by atoms with E-state index in [9.17, 15) is 5.11 Å². The molecule has 0 saturated carbocycles. The second-order valence-corrected chi connectivity index (χ2v) is 5.36. The van der Waals surface area contributed by atoms with Crippen LogP contribution in [0.2, 0.25) is 10.0 Å². The lowest BCUT2D eigenvalue weighted by molar-refractivity contribution is 0.474. The molecule has 0 aliphatic carbocycles. The monoisotopic (exact) mass is 309 g/mol. The lowest BCUT2D eigenvalue weighted by Crippen LogP contribution is -2.13. The van der Waals surface area contributed by atoms with Crippen molar-refractivity contribution in [1.29, 1.82) is 0 Å². The van der Waals surface area contributed by atoms with Gasteiger partial charge in [-0.1, -0.05) is 23.2 Å². The summed E-state index contributed by atoms with van der Waals surface area (Å²) in [5, 5.41) is 10.4. The zero-order valence-corrected chi connectivity index (χ0v) is 11.0. The van der Waals surface area contributed by atoms with E-state index in [0.29, 0.717) is 10.0 Å². The highest BCUT2D eigenvalue weighted by Crippen LogP contribution is 2.38. The van der Waals surface area contributed by atoms with E-state index in [-0.39, 0.29) is 5.75 Å². The van der Waals surface area contributed by atoms with Crippen LogP contribution < -0.4 is 0 Å². The van der Waals surface area contributed by atoms with Crippen molar-refractivity contribution >= 4 is 39.3 Å². The van der Waals surface area contributed by atoms with E-state index in [1.165, 1.54) is 0 Å². The van der Waals surface area contributed by atoms with E-state index in [2.05, 4.69) is 20.1 Å². The summed E-state index contributed by atoms with van der Waals surface area (Å²) in [4.78, 5) is 0. The van der Waals surface area contributed by atoms with Crippen LogP contribution >= 0.6 is 39.3 Å². The van der Waals surface area contributed by atoms with Crippen LogP contribution in [-0.2, 0) is 12.8 Å². The summed E-state index contributed by atoms with van der Waals surface area (Å²) in [6.07, 6.45) is 1.71. The lowest BCUT2D eigenvalue weighted by Gasteiger charge is -2.10. The maximum Gasteiger partial charge on any atom is 0.153 e. The van der Waals surface area contributed by atoms with Crippen molar-refractivity contribution in [3.63, 3.8) is 0 Å². The summed E-state index contributed by atoms with van der Waals surface area (Å²) < 4.78 is 2.06. The van der Waals surface area contributed by atoms with Crippen LogP contribution in [-0.4, -0.2) is 22.1 Å². The summed E-state index contributed by atoms with van der Waals surface area (Å²) in [6.45, 7) is 1.80. The number of rotatable bonds is 0. The number of hydrogen-bond acceptors (Lipinski definition) is 2. The Balaban J connectivity index is 2.48. The summed E-state index contributed by atoms with van der Waals surface area (Å²) in [5.41, 5.74) is 2.14. The van der Waals surface area contributed by atoms with Gasteiger partial charge in [0, 0.05) is 29.2 Å². The first-order chi connectivity index (χ1) is 7.09.